The van der Waals surface area contributed by atoms with Gasteiger partial charge in [0, 0.05) is 31.5 Å². The van der Waals surface area contributed by atoms with Crippen LogP contribution in [0.1, 0.15) is 57.2 Å². The van der Waals surface area contributed by atoms with Crippen LogP contribution in [0.2, 0.25) is 0 Å². The summed E-state index contributed by atoms with van der Waals surface area (Å²) in [6, 6.07) is 7.12. The largest absolute Gasteiger partial charge is 0.416 e. The molecule has 0 radical (unpaired) electrons. The van der Waals surface area contributed by atoms with E-state index in [1.165, 1.54) is 6.07 Å². The van der Waals surface area contributed by atoms with E-state index >= 15 is 0 Å². The Bertz CT molecular complexity index is 1110. The maximum Gasteiger partial charge on any atom is 0.416 e. The second-order valence-electron chi connectivity index (χ2n) is 9.65. The summed E-state index contributed by atoms with van der Waals surface area (Å²) in [5.74, 6) is -0.205. The van der Waals surface area contributed by atoms with E-state index in [4.69, 9.17) is 0 Å². The third kappa shape index (κ3) is 6.88. The van der Waals surface area contributed by atoms with Gasteiger partial charge in [0.05, 0.1) is 23.5 Å². The first-order chi connectivity index (χ1) is 16.4. The van der Waals surface area contributed by atoms with Crippen molar-refractivity contribution in [2.24, 2.45) is 13.0 Å². The normalized spacial score (nSPS) is 15.7. The predicted molar refractivity (Wildman–Crippen MR) is 128 cm³/mol. The lowest BCUT2D eigenvalue weighted by atomic mass is 9.95. The highest BCUT2D eigenvalue weighted by atomic mass is 32.2. The SMILES string of the molecule is CC(C)CN(Cc1cccn1C)C(=O)CN(C1CCCCC1)S(=O)(=O)c1cccc(C(F)(F)F)c1. The van der Waals surface area contributed by atoms with Gasteiger partial charge in [-0.15, -0.1) is 0 Å². The van der Waals surface area contributed by atoms with Gasteiger partial charge in [0.25, 0.3) is 0 Å². The van der Waals surface area contributed by atoms with Crippen LogP contribution < -0.4 is 0 Å². The molecule has 1 heterocycles. The summed E-state index contributed by atoms with van der Waals surface area (Å²) in [6.45, 7) is 4.31. The lowest BCUT2D eigenvalue weighted by molar-refractivity contribution is -0.137. The summed E-state index contributed by atoms with van der Waals surface area (Å²) in [4.78, 5) is 14.7. The second kappa shape index (κ2) is 11.2. The van der Waals surface area contributed by atoms with Crippen molar-refractivity contribution < 1.29 is 26.4 Å². The zero-order chi connectivity index (χ0) is 25.8. The first-order valence-corrected chi connectivity index (χ1v) is 13.4. The molecule has 1 fully saturated rings. The summed E-state index contributed by atoms with van der Waals surface area (Å²) in [7, 11) is -2.46. The van der Waals surface area contributed by atoms with E-state index in [1.54, 1.807) is 4.90 Å². The van der Waals surface area contributed by atoms with E-state index in [0.29, 0.717) is 32.0 Å². The quantitative estimate of drug-likeness (QED) is 0.471. The van der Waals surface area contributed by atoms with Crippen LogP contribution in [-0.2, 0) is 34.6 Å². The number of rotatable bonds is 9. The van der Waals surface area contributed by atoms with Crippen LogP contribution >= 0.6 is 0 Å². The number of alkyl halides is 3. The van der Waals surface area contributed by atoms with E-state index in [2.05, 4.69) is 0 Å². The number of benzene rings is 1. The molecule has 1 aromatic carbocycles. The van der Waals surface area contributed by atoms with Crippen molar-refractivity contribution in [1.29, 1.82) is 0 Å². The lowest BCUT2D eigenvalue weighted by Gasteiger charge is -2.35. The van der Waals surface area contributed by atoms with Crippen LogP contribution in [0.5, 0.6) is 0 Å². The van der Waals surface area contributed by atoms with Gasteiger partial charge in [-0.1, -0.05) is 39.2 Å². The van der Waals surface area contributed by atoms with Crippen molar-refractivity contribution in [1.82, 2.24) is 13.8 Å². The van der Waals surface area contributed by atoms with Gasteiger partial charge in [0.2, 0.25) is 15.9 Å². The van der Waals surface area contributed by atoms with E-state index in [-0.39, 0.29) is 11.8 Å². The molecule has 35 heavy (non-hydrogen) atoms. The second-order valence-corrected chi connectivity index (χ2v) is 11.5. The third-order valence-corrected chi connectivity index (χ3v) is 8.28. The molecule has 0 aliphatic heterocycles. The standard InChI is InChI=1S/C25H34F3N3O3S/c1-19(2)16-30(17-22-12-8-14-29(22)3)24(32)18-31(21-10-5-4-6-11-21)35(33,34)23-13-7-9-20(15-23)25(26,27)28/h7-9,12-15,19,21H,4-6,10-11,16-18H2,1-3H3. The third-order valence-electron chi connectivity index (χ3n) is 6.38. The fraction of sp³-hybridized carbons (Fsp3) is 0.560. The number of hydrogen-bond acceptors (Lipinski definition) is 3. The Labute approximate surface area is 205 Å². The molecule has 2 aromatic rings. The highest BCUT2D eigenvalue weighted by Crippen LogP contribution is 2.33. The average Bonchev–Trinajstić information content (AvgIpc) is 3.20. The summed E-state index contributed by atoms with van der Waals surface area (Å²) >= 11 is 0. The average molecular weight is 514 g/mol. The molecule has 1 saturated carbocycles. The number of aryl methyl sites for hydroxylation is 1. The Morgan fingerprint density at radius 3 is 2.37 bits per heavy atom. The first kappa shape index (κ1) is 27.3. The highest BCUT2D eigenvalue weighted by molar-refractivity contribution is 7.89. The summed E-state index contributed by atoms with van der Waals surface area (Å²) in [5, 5.41) is 0. The van der Waals surface area contributed by atoms with E-state index in [0.717, 1.165) is 41.4 Å². The monoisotopic (exact) mass is 513 g/mol. The molecule has 0 unspecified atom stereocenters. The molecule has 0 atom stereocenters. The summed E-state index contributed by atoms with van der Waals surface area (Å²) in [5.41, 5.74) is -0.123. The summed E-state index contributed by atoms with van der Waals surface area (Å²) in [6.07, 6.45) is 0.953. The van der Waals surface area contributed by atoms with Crippen LogP contribution in [0.25, 0.3) is 0 Å². The van der Waals surface area contributed by atoms with E-state index in [1.807, 2.05) is 43.8 Å². The van der Waals surface area contributed by atoms with Crippen LogP contribution in [0, 0.1) is 5.92 Å². The van der Waals surface area contributed by atoms with Crippen LogP contribution in [0.4, 0.5) is 13.2 Å². The topological polar surface area (TPSA) is 62.6 Å². The molecule has 1 amide bonds. The Balaban J connectivity index is 1.94. The minimum absolute atomic E-state index is 0.155. The van der Waals surface area contributed by atoms with Gasteiger partial charge in [-0.25, -0.2) is 8.42 Å². The molecule has 1 aromatic heterocycles. The van der Waals surface area contributed by atoms with Crippen LogP contribution in [0.3, 0.4) is 0 Å². The Hall–Kier alpha value is -2.33. The minimum atomic E-state index is -4.67. The fourth-order valence-electron chi connectivity index (χ4n) is 4.53. The zero-order valence-electron chi connectivity index (χ0n) is 20.5. The molecule has 6 nitrogen and oxygen atoms in total. The van der Waals surface area contributed by atoms with Gasteiger partial charge in [0.15, 0.2) is 0 Å². The molecule has 0 spiro atoms. The maximum absolute atomic E-state index is 13.6. The molecule has 3 rings (SSSR count). The number of aromatic nitrogens is 1. The molecule has 194 valence electrons. The smallest absolute Gasteiger partial charge is 0.353 e. The van der Waals surface area contributed by atoms with Crippen molar-refractivity contribution in [3.05, 3.63) is 53.9 Å². The molecule has 1 aliphatic rings. The van der Waals surface area contributed by atoms with Crippen molar-refractivity contribution in [2.45, 2.75) is 69.6 Å². The number of amides is 1. The molecule has 0 saturated heterocycles. The summed E-state index contributed by atoms with van der Waals surface area (Å²) < 4.78 is 70.2. The molecule has 0 bridgehead atoms. The number of carbonyl (C=O) groups excluding carboxylic acids is 1. The predicted octanol–water partition coefficient (Wildman–Crippen LogP) is 5.05. The van der Waals surface area contributed by atoms with Gasteiger partial charge in [-0.2, -0.15) is 17.5 Å². The van der Waals surface area contributed by atoms with E-state index < -0.39 is 39.2 Å². The Morgan fingerprint density at radius 2 is 1.80 bits per heavy atom. The molecule has 10 heteroatoms. The first-order valence-electron chi connectivity index (χ1n) is 12.0. The number of sulfonamides is 1. The zero-order valence-corrected chi connectivity index (χ0v) is 21.3. The fourth-order valence-corrected chi connectivity index (χ4v) is 6.21. The molecular formula is C25H34F3N3O3S. The van der Waals surface area contributed by atoms with Gasteiger partial charge in [-0.3, -0.25) is 4.79 Å². The van der Waals surface area contributed by atoms with Crippen LogP contribution in [-0.4, -0.2) is 47.2 Å². The molecule has 0 N–H and O–H groups in total. The number of carbonyl (C=O) groups is 1. The van der Waals surface area contributed by atoms with Crippen molar-refractivity contribution >= 4 is 15.9 Å². The molecule has 1 aliphatic carbocycles. The highest BCUT2D eigenvalue weighted by Gasteiger charge is 2.37. The Kier molecular flexibility index (Phi) is 8.69. The van der Waals surface area contributed by atoms with Crippen molar-refractivity contribution in [3.63, 3.8) is 0 Å². The van der Waals surface area contributed by atoms with Gasteiger partial charge in [-0.05, 0) is 49.1 Å². The number of halogens is 3. The minimum Gasteiger partial charge on any atom is -0.353 e. The van der Waals surface area contributed by atoms with Gasteiger partial charge >= 0.3 is 6.18 Å². The number of hydrogen-bond donors (Lipinski definition) is 0. The van der Waals surface area contributed by atoms with E-state index in [9.17, 15) is 26.4 Å². The van der Waals surface area contributed by atoms with Gasteiger partial charge in [0.1, 0.15) is 0 Å². The van der Waals surface area contributed by atoms with Crippen LogP contribution in [0.15, 0.2) is 47.5 Å². The van der Waals surface area contributed by atoms with Crippen molar-refractivity contribution in [3.8, 4) is 0 Å². The Morgan fingerprint density at radius 1 is 1.11 bits per heavy atom. The lowest BCUT2D eigenvalue weighted by Crippen LogP contribution is -2.48. The van der Waals surface area contributed by atoms with Crippen molar-refractivity contribution in [2.75, 3.05) is 13.1 Å². The number of nitrogens with zero attached hydrogens (tertiary/aromatic N) is 3. The van der Waals surface area contributed by atoms with Gasteiger partial charge < -0.3 is 9.47 Å². The molecular weight excluding hydrogens is 479 g/mol. The maximum atomic E-state index is 13.6.